The van der Waals surface area contributed by atoms with E-state index in [0.29, 0.717) is 27.9 Å². The summed E-state index contributed by atoms with van der Waals surface area (Å²) in [7, 11) is 1.37. The van der Waals surface area contributed by atoms with Crippen LogP contribution in [0, 0.1) is 11.3 Å². The molecular weight excluding hydrogens is 532 g/mol. The van der Waals surface area contributed by atoms with Gasteiger partial charge in [0.2, 0.25) is 5.91 Å². The number of nitrogens with one attached hydrogen (secondary N) is 2. The molecule has 2 amide bonds. The SMILES string of the molecule is COC(=O)c1c(NC(=O)CSc2cccc(NC(=O)COc3ccccc3)c2)sc2c1CCC(C(C)(C)C)C2. The van der Waals surface area contributed by atoms with Gasteiger partial charge in [-0.05, 0) is 66.5 Å². The number of benzene rings is 2. The standard InChI is InChI=1S/C30H34N2O5S2/c1-30(2,3)19-13-14-23-24(15-19)39-28(27(23)29(35)36-4)32-26(34)18-38-22-12-8-9-20(16-22)31-25(33)17-37-21-10-6-5-7-11-21/h5-12,16,19H,13-15,17-18H2,1-4H3,(H,31,33)(H,32,34). The van der Waals surface area contributed by atoms with Crippen LogP contribution in [0.1, 0.15) is 48.0 Å². The van der Waals surface area contributed by atoms with E-state index in [1.54, 1.807) is 18.2 Å². The maximum atomic E-state index is 12.9. The average molecular weight is 567 g/mol. The van der Waals surface area contributed by atoms with Gasteiger partial charge in [-0.3, -0.25) is 9.59 Å². The number of methoxy groups -OCH3 is 1. The van der Waals surface area contributed by atoms with Crippen LogP contribution in [0.25, 0.3) is 0 Å². The van der Waals surface area contributed by atoms with Crippen molar-refractivity contribution in [3.05, 3.63) is 70.6 Å². The minimum absolute atomic E-state index is 0.104. The van der Waals surface area contributed by atoms with Crippen molar-refractivity contribution in [3.63, 3.8) is 0 Å². The molecule has 0 bridgehead atoms. The number of carbonyl (C=O) groups is 3. The number of hydrogen-bond donors (Lipinski definition) is 2. The zero-order valence-corrected chi connectivity index (χ0v) is 24.3. The van der Waals surface area contributed by atoms with Crippen LogP contribution in [0.3, 0.4) is 0 Å². The van der Waals surface area contributed by atoms with Crippen LogP contribution in [0.5, 0.6) is 5.75 Å². The number of carbonyl (C=O) groups excluding carboxylic acids is 3. The van der Waals surface area contributed by atoms with E-state index in [2.05, 4.69) is 31.4 Å². The van der Waals surface area contributed by atoms with E-state index in [1.165, 1.54) is 30.2 Å². The molecule has 1 atom stereocenters. The van der Waals surface area contributed by atoms with Crippen molar-refractivity contribution in [1.29, 1.82) is 0 Å². The molecule has 0 spiro atoms. The number of thiophene rings is 1. The molecule has 1 aliphatic rings. The third-order valence-electron chi connectivity index (χ3n) is 6.73. The summed E-state index contributed by atoms with van der Waals surface area (Å²) >= 11 is 2.84. The first-order valence-electron chi connectivity index (χ1n) is 12.9. The van der Waals surface area contributed by atoms with E-state index in [-0.39, 0.29) is 29.6 Å². The molecule has 206 valence electrons. The predicted octanol–water partition coefficient (Wildman–Crippen LogP) is 6.43. The van der Waals surface area contributed by atoms with Crippen molar-refractivity contribution in [1.82, 2.24) is 0 Å². The van der Waals surface area contributed by atoms with Gasteiger partial charge in [-0.2, -0.15) is 0 Å². The highest BCUT2D eigenvalue weighted by Gasteiger charge is 2.34. The molecule has 0 radical (unpaired) electrons. The molecule has 2 N–H and O–H groups in total. The van der Waals surface area contributed by atoms with Crippen molar-refractivity contribution in [2.45, 2.75) is 44.9 Å². The van der Waals surface area contributed by atoms with Crippen LogP contribution in [0.2, 0.25) is 0 Å². The maximum absolute atomic E-state index is 12.9. The summed E-state index contributed by atoms with van der Waals surface area (Å²) in [5.74, 6) is 0.406. The number of anilines is 2. The molecule has 0 aliphatic heterocycles. The fraction of sp³-hybridized carbons (Fsp3) is 0.367. The van der Waals surface area contributed by atoms with Gasteiger partial charge in [-0.25, -0.2) is 4.79 Å². The number of rotatable bonds is 9. The largest absolute Gasteiger partial charge is 0.484 e. The van der Waals surface area contributed by atoms with Gasteiger partial charge in [-0.15, -0.1) is 23.1 Å². The fourth-order valence-electron chi connectivity index (χ4n) is 4.57. The first kappa shape index (κ1) is 28.7. The lowest BCUT2D eigenvalue weighted by atomic mass is 9.72. The molecule has 7 nitrogen and oxygen atoms in total. The van der Waals surface area contributed by atoms with Crippen molar-refractivity contribution >= 4 is 51.6 Å². The minimum Gasteiger partial charge on any atom is -0.484 e. The summed E-state index contributed by atoms with van der Waals surface area (Å²) in [5, 5.41) is 6.34. The summed E-state index contributed by atoms with van der Waals surface area (Å²) in [6.07, 6.45) is 2.70. The highest BCUT2D eigenvalue weighted by atomic mass is 32.2. The Morgan fingerprint density at radius 1 is 1.03 bits per heavy atom. The van der Waals surface area contributed by atoms with E-state index in [9.17, 15) is 14.4 Å². The fourth-order valence-corrected chi connectivity index (χ4v) is 6.66. The molecular formula is C30H34N2O5S2. The Kier molecular flexibility index (Phi) is 9.35. The summed E-state index contributed by atoms with van der Waals surface area (Å²) < 4.78 is 10.6. The summed E-state index contributed by atoms with van der Waals surface area (Å²) in [6, 6.07) is 16.4. The molecule has 3 aromatic rings. The zero-order valence-electron chi connectivity index (χ0n) is 22.7. The normalized spacial score (nSPS) is 14.7. The molecule has 0 fully saturated rings. The van der Waals surface area contributed by atoms with E-state index < -0.39 is 5.97 Å². The van der Waals surface area contributed by atoms with Gasteiger partial charge in [0.1, 0.15) is 10.8 Å². The maximum Gasteiger partial charge on any atom is 0.341 e. The molecule has 1 heterocycles. The number of hydrogen-bond acceptors (Lipinski definition) is 7. The monoisotopic (exact) mass is 566 g/mol. The molecule has 39 heavy (non-hydrogen) atoms. The van der Waals surface area contributed by atoms with Gasteiger partial charge in [0, 0.05) is 15.5 Å². The second-order valence-corrected chi connectivity index (χ2v) is 12.7. The van der Waals surface area contributed by atoms with E-state index in [4.69, 9.17) is 9.47 Å². The molecule has 4 rings (SSSR count). The quantitative estimate of drug-likeness (QED) is 0.229. The molecule has 2 aromatic carbocycles. The van der Waals surface area contributed by atoms with Crippen LogP contribution >= 0.6 is 23.1 Å². The van der Waals surface area contributed by atoms with Crippen molar-refractivity contribution < 1.29 is 23.9 Å². The number of ether oxygens (including phenoxy) is 2. The van der Waals surface area contributed by atoms with Crippen molar-refractivity contribution in [3.8, 4) is 5.75 Å². The first-order valence-corrected chi connectivity index (χ1v) is 14.7. The smallest absolute Gasteiger partial charge is 0.341 e. The highest BCUT2D eigenvalue weighted by molar-refractivity contribution is 8.00. The molecule has 9 heteroatoms. The van der Waals surface area contributed by atoms with Gasteiger partial charge in [0.05, 0.1) is 18.4 Å². The number of fused-ring (bicyclic) bond motifs is 1. The third-order valence-corrected chi connectivity index (χ3v) is 8.90. The number of amides is 2. The van der Waals surface area contributed by atoms with Gasteiger partial charge in [0.25, 0.3) is 5.91 Å². The second-order valence-electron chi connectivity index (χ2n) is 10.5. The van der Waals surface area contributed by atoms with Gasteiger partial charge < -0.3 is 20.1 Å². The van der Waals surface area contributed by atoms with Crippen LogP contribution in [-0.2, 0) is 27.2 Å². The Bertz CT molecular complexity index is 1330. The van der Waals surface area contributed by atoms with Gasteiger partial charge in [0.15, 0.2) is 6.61 Å². The van der Waals surface area contributed by atoms with Crippen LogP contribution in [0.15, 0.2) is 59.5 Å². The summed E-state index contributed by atoms with van der Waals surface area (Å²) in [4.78, 5) is 39.8. The molecule has 0 saturated heterocycles. The molecule has 1 unspecified atom stereocenters. The molecule has 1 aromatic heterocycles. The molecule has 1 aliphatic carbocycles. The van der Waals surface area contributed by atoms with Crippen molar-refractivity contribution in [2.24, 2.45) is 11.3 Å². The van der Waals surface area contributed by atoms with E-state index >= 15 is 0 Å². The Balaban J connectivity index is 1.35. The Labute approximate surface area is 237 Å². The average Bonchev–Trinajstić information content (AvgIpc) is 3.27. The van der Waals surface area contributed by atoms with Gasteiger partial charge in [-0.1, -0.05) is 45.0 Å². The summed E-state index contributed by atoms with van der Waals surface area (Å²) in [6.45, 7) is 6.64. The predicted molar refractivity (Wildman–Crippen MR) is 157 cm³/mol. The Morgan fingerprint density at radius 3 is 2.51 bits per heavy atom. The van der Waals surface area contributed by atoms with Crippen LogP contribution < -0.4 is 15.4 Å². The van der Waals surface area contributed by atoms with Crippen LogP contribution in [-0.4, -0.2) is 37.3 Å². The molecule has 0 saturated carbocycles. The highest BCUT2D eigenvalue weighted by Crippen LogP contribution is 2.44. The van der Waals surface area contributed by atoms with Crippen LogP contribution in [0.4, 0.5) is 10.7 Å². The lowest BCUT2D eigenvalue weighted by Crippen LogP contribution is -2.26. The first-order chi connectivity index (χ1) is 18.6. The Hall–Kier alpha value is -3.30. The summed E-state index contributed by atoms with van der Waals surface area (Å²) in [5.41, 5.74) is 2.30. The second kappa shape index (κ2) is 12.7. The topological polar surface area (TPSA) is 93.7 Å². The number of para-hydroxylation sites is 1. The lowest BCUT2D eigenvalue weighted by Gasteiger charge is -2.33. The lowest BCUT2D eigenvalue weighted by molar-refractivity contribution is -0.118. The van der Waals surface area contributed by atoms with E-state index in [0.717, 1.165) is 34.6 Å². The number of thioether (sulfide) groups is 1. The van der Waals surface area contributed by atoms with E-state index in [1.807, 2.05) is 36.4 Å². The zero-order chi connectivity index (χ0) is 28.0. The Morgan fingerprint density at radius 2 is 1.79 bits per heavy atom. The van der Waals surface area contributed by atoms with Crippen molar-refractivity contribution in [2.75, 3.05) is 30.1 Å². The van der Waals surface area contributed by atoms with Gasteiger partial charge >= 0.3 is 5.97 Å². The minimum atomic E-state index is -0.413. The number of esters is 1. The third kappa shape index (κ3) is 7.64.